The number of aromatic hydroxyl groups is 1. The fraction of sp³-hybridized carbons (Fsp3) is 0.478. The summed E-state index contributed by atoms with van der Waals surface area (Å²) < 4.78 is 0. The van der Waals surface area contributed by atoms with Gasteiger partial charge in [-0.05, 0) is 64.3 Å². The van der Waals surface area contributed by atoms with Gasteiger partial charge < -0.3 is 5.11 Å². The summed E-state index contributed by atoms with van der Waals surface area (Å²) >= 11 is 0. The summed E-state index contributed by atoms with van der Waals surface area (Å²) in [6.07, 6.45) is 1.99. The van der Waals surface area contributed by atoms with Gasteiger partial charge in [0.1, 0.15) is 5.75 Å². The first-order chi connectivity index (χ1) is 11.9. The predicted molar refractivity (Wildman–Crippen MR) is 107 cm³/mol. The summed E-state index contributed by atoms with van der Waals surface area (Å²) in [5, 5.41) is 10.5. The number of benzene rings is 2. The van der Waals surface area contributed by atoms with Gasteiger partial charge in [0.15, 0.2) is 0 Å². The van der Waals surface area contributed by atoms with Crippen LogP contribution in [0.4, 0.5) is 0 Å². The fourth-order valence-corrected chi connectivity index (χ4v) is 3.68. The van der Waals surface area contributed by atoms with E-state index in [-0.39, 0.29) is 5.92 Å². The molecule has 2 nitrogen and oxygen atoms in total. The Labute approximate surface area is 153 Å². The van der Waals surface area contributed by atoms with E-state index in [2.05, 4.69) is 75.9 Å². The number of hydrogen-bond acceptors (Lipinski definition) is 2. The monoisotopic (exact) mass is 339 g/mol. The Morgan fingerprint density at radius 2 is 1.56 bits per heavy atom. The number of hydrogen-bond donors (Lipinski definition) is 1. The second kappa shape index (κ2) is 9.05. The third-order valence-corrected chi connectivity index (χ3v) is 5.08. The average Bonchev–Trinajstić information content (AvgIpc) is 2.59. The van der Waals surface area contributed by atoms with Crippen LogP contribution in [0.5, 0.6) is 5.75 Å². The van der Waals surface area contributed by atoms with Crippen LogP contribution in [0.1, 0.15) is 63.6 Å². The van der Waals surface area contributed by atoms with Gasteiger partial charge in [-0.25, -0.2) is 0 Å². The molecule has 0 aliphatic heterocycles. The van der Waals surface area contributed by atoms with Crippen LogP contribution in [0, 0.1) is 0 Å². The highest BCUT2D eigenvalue weighted by Gasteiger charge is 2.21. The highest BCUT2D eigenvalue weighted by molar-refractivity contribution is 5.43. The molecule has 0 bridgehead atoms. The van der Waals surface area contributed by atoms with Gasteiger partial charge in [-0.3, -0.25) is 4.90 Å². The van der Waals surface area contributed by atoms with Crippen LogP contribution >= 0.6 is 0 Å². The number of rotatable bonds is 8. The zero-order chi connectivity index (χ0) is 18.4. The summed E-state index contributed by atoms with van der Waals surface area (Å²) in [5.74, 6) is 0.624. The summed E-state index contributed by atoms with van der Waals surface area (Å²) in [6, 6.07) is 17.7. The quantitative estimate of drug-likeness (QED) is 0.677. The smallest absolute Gasteiger partial charge is 0.119 e. The van der Waals surface area contributed by atoms with Gasteiger partial charge in [0.25, 0.3) is 0 Å². The number of aryl methyl sites for hydroxylation is 1. The average molecular weight is 340 g/mol. The third kappa shape index (κ3) is 5.09. The molecule has 0 amide bonds. The first kappa shape index (κ1) is 19.5. The zero-order valence-electron chi connectivity index (χ0n) is 16.4. The van der Waals surface area contributed by atoms with E-state index in [4.69, 9.17) is 0 Å². The molecule has 25 heavy (non-hydrogen) atoms. The molecule has 0 spiro atoms. The van der Waals surface area contributed by atoms with E-state index >= 15 is 0 Å². The van der Waals surface area contributed by atoms with E-state index in [9.17, 15) is 5.11 Å². The maximum absolute atomic E-state index is 10.5. The maximum Gasteiger partial charge on any atom is 0.119 e. The van der Waals surface area contributed by atoms with Crippen molar-refractivity contribution in [2.45, 2.75) is 65.5 Å². The van der Waals surface area contributed by atoms with Crippen molar-refractivity contribution in [3.8, 4) is 5.75 Å². The molecule has 0 unspecified atom stereocenters. The lowest BCUT2D eigenvalue weighted by Gasteiger charge is -2.32. The maximum atomic E-state index is 10.5. The molecule has 2 aromatic carbocycles. The molecule has 2 rings (SSSR count). The topological polar surface area (TPSA) is 23.5 Å². The first-order valence-corrected chi connectivity index (χ1v) is 9.56. The zero-order valence-corrected chi connectivity index (χ0v) is 16.4. The summed E-state index contributed by atoms with van der Waals surface area (Å²) in [6.45, 7) is 12.2. The van der Waals surface area contributed by atoms with E-state index in [0.717, 1.165) is 24.9 Å². The lowest BCUT2D eigenvalue weighted by atomic mass is 9.86. The Balaban J connectivity index is 2.35. The molecule has 0 saturated carbocycles. The van der Waals surface area contributed by atoms with Crippen molar-refractivity contribution >= 4 is 0 Å². The Morgan fingerprint density at radius 1 is 0.920 bits per heavy atom. The minimum absolute atomic E-state index is 0.215. The van der Waals surface area contributed by atoms with Crippen LogP contribution in [0.3, 0.4) is 0 Å². The van der Waals surface area contributed by atoms with E-state index in [1.165, 1.54) is 11.1 Å². The highest BCUT2D eigenvalue weighted by atomic mass is 16.3. The summed E-state index contributed by atoms with van der Waals surface area (Å²) in [5.41, 5.74) is 3.61. The van der Waals surface area contributed by atoms with Gasteiger partial charge >= 0.3 is 0 Å². The van der Waals surface area contributed by atoms with Crippen molar-refractivity contribution in [1.82, 2.24) is 4.90 Å². The molecule has 0 saturated heterocycles. The van der Waals surface area contributed by atoms with Crippen molar-refractivity contribution in [3.63, 3.8) is 0 Å². The van der Waals surface area contributed by atoms with Gasteiger partial charge in [0.05, 0.1) is 0 Å². The van der Waals surface area contributed by atoms with E-state index in [1.807, 2.05) is 12.1 Å². The lowest BCUT2D eigenvalue weighted by Crippen LogP contribution is -2.38. The van der Waals surface area contributed by atoms with Crippen LogP contribution < -0.4 is 0 Å². The normalized spacial score (nSPS) is 13.0. The molecule has 2 aromatic rings. The first-order valence-electron chi connectivity index (χ1n) is 9.56. The second-order valence-electron chi connectivity index (χ2n) is 7.42. The second-order valence-corrected chi connectivity index (χ2v) is 7.42. The van der Waals surface area contributed by atoms with Crippen LogP contribution in [0.15, 0.2) is 48.5 Å². The van der Waals surface area contributed by atoms with Crippen molar-refractivity contribution in [2.75, 3.05) is 6.54 Å². The molecule has 1 atom stereocenters. The molecule has 0 aliphatic rings. The van der Waals surface area contributed by atoms with Crippen molar-refractivity contribution in [3.05, 3.63) is 65.2 Å². The van der Waals surface area contributed by atoms with Gasteiger partial charge in [-0.15, -0.1) is 0 Å². The molecular formula is C23H33NO. The van der Waals surface area contributed by atoms with Crippen LogP contribution in [0.25, 0.3) is 0 Å². The predicted octanol–water partition coefficient (Wildman–Crippen LogP) is 5.60. The molecule has 0 fully saturated rings. The van der Waals surface area contributed by atoms with E-state index < -0.39 is 0 Å². The van der Waals surface area contributed by atoms with Crippen molar-refractivity contribution in [1.29, 1.82) is 0 Å². The summed E-state index contributed by atoms with van der Waals surface area (Å²) in [4.78, 5) is 2.52. The number of nitrogens with zero attached hydrogens (tertiary/aromatic N) is 1. The van der Waals surface area contributed by atoms with Gasteiger partial charge in [-0.2, -0.15) is 0 Å². The number of phenolic OH excluding ortho intramolecular Hbond substituents is 1. The Bertz CT molecular complexity index is 640. The van der Waals surface area contributed by atoms with Gasteiger partial charge in [0, 0.05) is 23.6 Å². The van der Waals surface area contributed by atoms with Crippen molar-refractivity contribution < 1.29 is 5.11 Å². The van der Waals surface area contributed by atoms with Gasteiger partial charge in [-0.1, -0.05) is 49.4 Å². The standard InChI is InChI=1S/C23H33NO/c1-6-19-12-13-23(25)22(16-19)21(20-10-8-7-9-11-20)14-15-24(17(2)3)18(4)5/h7-13,16-18,21,25H,6,14-15H2,1-5H3/t21-/m1/s1. The largest absolute Gasteiger partial charge is 0.508 e. The van der Waals surface area contributed by atoms with Gasteiger partial charge in [0.2, 0.25) is 0 Å². The minimum Gasteiger partial charge on any atom is -0.508 e. The Morgan fingerprint density at radius 3 is 2.12 bits per heavy atom. The Kier molecular flexibility index (Phi) is 7.07. The van der Waals surface area contributed by atoms with Crippen molar-refractivity contribution in [2.24, 2.45) is 0 Å². The molecule has 0 aliphatic carbocycles. The summed E-state index contributed by atoms with van der Waals surface area (Å²) in [7, 11) is 0. The van der Waals surface area contributed by atoms with E-state index in [1.54, 1.807) is 0 Å². The SMILES string of the molecule is CCc1ccc(O)c([C@H](CCN(C(C)C)C(C)C)c2ccccc2)c1. The molecule has 2 heteroatoms. The molecule has 1 N–H and O–H groups in total. The number of phenols is 1. The molecular weight excluding hydrogens is 306 g/mol. The molecule has 0 heterocycles. The molecule has 0 aromatic heterocycles. The van der Waals surface area contributed by atoms with Crippen LogP contribution in [0.2, 0.25) is 0 Å². The van der Waals surface area contributed by atoms with Crippen LogP contribution in [-0.2, 0) is 6.42 Å². The highest BCUT2D eigenvalue weighted by Crippen LogP contribution is 2.35. The molecule has 0 radical (unpaired) electrons. The minimum atomic E-state index is 0.215. The van der Waals surface area contributed by atoms with E-state index in [0.29, 0.717) is 17.8 Å². The third-order valence-electron chi connectivity index (χ3n) is 5.08. The fourth-order valence-electron chi connectivity index (χ4n) is 3.68. The Hall–Kier alpha value is -1.80. The lowest BCUT2D eigenvalue weighted by molar-refractivity contribution is 0.170. The molecule has 136 valence electrons. The van der Waals surface area contributed by atoms with Crippen LogP contribution in [-0.4, -0.2) is 28.6 Å².